The van der Waals surface area contributed by atoms with Gasteiger partial charge in [0, 0.05) is 54.2 Å². The van der Waals surface area contributed by atoms with Gasteiger partial charge in [-0.15, -0.1) is 0 Å². The summed E-state index contributed by atoms with van der Waals surface area (Å²) in [5.41, 5.74) is 9.04. The van der Waals surface area contributed by atoms with Gasteiger partial charge in [0.2, 0.25) is 0 Å². The predicted molar refractivity (Wildman–Crippen MR) is 132 cm³/mol. The molecular weight excluding hydrogens is 452 g/mol. The van der Waals surface area contributed by atoms with Crippen molar-refractivity contribution in [3.05, 3.63) is 84.2 Å². The highest BCUT2D eigenvalue weighted by molar-refractivity contribution is 7.99. The van der Waals surface area contributed by atoms with E-state index in [0.717, 1.165) is 53.9 Å². The van der Waals surface area contributed by atoms with Crippen LogP contribution in [0.5, 0.6) is 0 Å². The standard InChI is InChI=1S/C25H25ClN6S/c26-23-18(30-10-1-2-11-30)5-3-7-20(23)33-22-16-28-21(15-29-22)31-13-8-25(9-14-31)17-32-12-4-6-19(32)24(25)27/h1-7,10-12,15-16,24H,8-9,13-14,17,27H2/t24-/m1/s1. The van der Waals surface area contributed by atoms with Gasteiger partial charge in [-0.25, -0.2) is 9.97 Å². The van der Waals surface area contributed by atoms with Crippen molar-refractivity contribution in [3.63, 3.8) is 0 Å². The van der Waals surface area contributed by atoms with Crippen molar-refractivity contribution >= 4 is 29.2 Å². The third kappa shape index (κ3) is 3.64. The lowest BCUT2D eigenvalue weighted by molar-refractivity contribution is 0.174. The number of piperidine rings is 1. The lowest BCUT2D eigenvalue weighted by Crippen LogP contribution is -2.44. The summed E-state index contributed by atoms with van der Waals surface area (Å²) in [6, 6.07) is 14.4. The molecule has 6 rings (SSSR count). The number of hydrogen-bond donors (Lipinski definition) is 1. The Hall–Kier alpha value is -2.74. The number of anilines is 1. The second-order valence-electron chi connectivity index (χ2n) is 8.88. The number of aromatic nitrogens is 4. The van der Waals surface area contributed by atoms with E-state index in [4.69, 9.17) is 22.3 Å². The number of nitrogens with two attached hydrogens (primary N) is 1. The molecule has 3 aromatic heterocycles. The summed E-state index contributed by atoms with van der Waals surface area (Å²) < 4.78 is 4.33. The summed E-state index contributed by atoms with van der Waals surface area (Å²) in [5.74, 6) is 0.924. The molecule has 8 heteroatoms. The predicted octanol–water partition coefficient (Wildman–Crippen LogP) is 5.17. The number of halogens is 1. The van der Waals surface area contributed by atoms with Crippen molar-refractivity contribution in [2.24, 2.45) is 11.1 Å². The van der Waals surface area contributed by atoms with Crippen molar-refractivity contribution in [1.82, 2.24) is 19.1 Å². The van der Waals surface area contributed by atoms with E-state index in [1.54, 1.807) is 0 Å². The monoisotopic (exact) mass is 476 g/mol. The van der Waals surface area contributed by atoms with Gasteiger partial charge in [0.1, 0.15) is 10.8 Å². The molecule has 168 valence electrons. The van der Waals surface area contributed by atoms with Gasteiger partial charge >= 0.3 is 0 Å². The second-order valence-corrected chi connectivity index (χ2v) is 10.3. The van der Waals surface area contributed by atoms with Crippen LogP contribution < -0.4 is 10.6 Å². The van der Waals surface area contributed by atoms with E-state index >= 15 is 0 Å². The smallest absolute Gasteiger partial charge is 0.147 e. The first-order valence-electron chi connectivity index (χ1n) is 11.2. The molecule has 2 N–H and O–H groups in total. The van der Waals surface area contributed by atoms with Crippen LogP contribution in [0.15, 0.2) is 83.4 Å². The fraction of sp³-hybridized carbons (Fsp3) is 0.280. The summed E-state index contributed by atoms with van der Waals surface area (Å²) >= 11 is 8.22. The molecule has 4 aromatic rings. The third-order valence-corrected chi connectivity index (χ3v) is 8.56. The molecule has 1 atom stereocenters. The number of rotatable bonds is 4. The third-order valence-electron chi connectivity index (χ3n) is 7.07. The van der Waals surface area contributed by atoms with E-state index in [2.05, 4.69) is 32.8 Å². The molecule has 2 aliphatic rings. The second kappa shape index (κ2) is 8.24. The Morgan fingerprint density at radius 2 is 1.79 bits per heavy atom. The van der Waals surface area contributed by atoms with Crippen LogP contribution in [0.2, 0.25) is 5.02 Å². The number of nitrogens with zero attached hydrogens (tertiary/aromatic N) is 5. The largest absolute Gasteiger partial charge is 0.355 e. The van der Waals surface area contributed by atoms with Gasteiger partial charge in [-0.3, -0.25) is 0 Å². The minimum absolute atomic E-state index is 0.117. The molecule has 1 fully saturated rings. The van der Waals surface area contributed by atoms with E-state index in [-0.39, 0.29) is 11.5 Å². The Bertz CT molecular complexity index is 1260. The SMILES string of the molecule is N[C@@H]1c2cccn2CC12CCN(c1cnc(Sc3cccc(-n4cccc4)c3Cl)cn1)CC2. The highest BCUT2D eigenvalue weighted by Crippen LogP contribution is 2.48. The highest BCUT2D eigenvalue weighted by atomic mass is 35.5. The lowest BCUT2D eigenvalue weighted by Gasteiger charge is -2.41. The topological polar surface area (TPSA) is 64.9 Å². The van der Waals surface area contributed by atoms with E-state index in [1.165, 1.54) is 17.5 Å². The summed E-state index contributed by atoms with van der Waals surface area (Å²) in [4.78, 5) is 12.7. The molecule has 0 bridgehead atoms. The van der Waals surface area contributed by atoms with E-state index in [9.17, 15) is 0 Å². The number of hydrogen-bond acceptors (Lipinski definition) is 5. The summed E-state index contributed by atoms with van der Waals surface area (Å²) in [6.45, 7) is 2.92. The molecule has 33 heavy (non-hydrogen) atoms. The fourth-order valence-corrected chi connectivity index (χ4v) is 6.28. The van der Waals surface area contributed by atoms with Crippen molar-refractivity contribution in [1.29, 1.82) is 0 Å². The average molecular weight is 477 g/mol. The van der Waals surface area contributed by atoms with Crippen LogP contribution in [0, 0.1) is 5.41 Å². The number of fused-ring (bicyclic) bond motifs is 1. The maximum Gasteiger partial charge on any atom is 0.147 e. The molecule has 1 saturated heterocycles. The summed E-state index contributed by atoms with van der Waals surface area (Å²) in [7, 11) is 0. The van der Waals surface area contributed by atoms with Crippen LogP contribution in [0.3, 0.4) is 0 Å². The van der Waals surface area contributed by atoms with Crippen molar-refractivity contribution < 1.29 is 0 Å². The average Bonchev–Trinajstić information content (AvgIpc) is 3.57. The zero-order valence-electron chi connectivity index (χ0n) is 18.1. The minimum Gasteiger partial charge on any atom is -0.355 e. The van der Waals surface area contributed by atoms with Gasteiger partial charge in [0.15, 0.2) is 0 Å². The Balaban J connectivity index is 1.13. The molecule has 0 amide bonds. The van der Waals surface area contributed by atoms with Gasteiger partial charge in [0.25, 0.3) is 0 Å². The van der Waals surface area contributed by atoms with Gasteiger partial charge in [-0.2, -0.15) is 0 Å². The molecule has 6 nitrogen and oxygen atoms in total. The first-order chi connectivity index (χ1) is 16.1. The number of benzene rings is 1. The van der Waals surface area contributed by atoms with Crippen LogP contribution in [-0.4, -0.2) is 32.2 Å². The van der Waals surface area contributed by atoms with Gasteiger partial charge in [0.05, 0.1) is 29.1 Å². The summed E-state index contributed by atoms with van der Waals surface area (Å²) in [6.07, 6.45) is 12.0. The fourth-order valence-electron chi connectivity index (χ4n) is 5.17. The molecule has 5 heterocycles. The Morgan fingerprint density at radius 3 is 2.52 bits per heavy atom. The molecule has 2 aliphatic heterocycles. The van der Waals surface area contributed by atoms with Crippen LogP contribution in [0.4, 0.5) is 5.82 Å². The zero-order chi connectivity index (χ0) is 22.4. The van der Waals surface area contributed by atoms with E-state index in [1.807, 2.05) is 59.7 Å². The molecule has 0 radical (unpaired) electrons. The molecular formula is C25H25ClN6S. The molecule has 0 aliphatic carbocycles. The van der Waals surface area contributed by atoms with Crippen LogP contribution in [0.25, 0.3) is 5.69 Å². The Labute approximate surface area is 202 Å². The van der Waals surface area contributed by atoms with E-state index in [0.29, 0.717) is 5.02 Å². The lowest BCUT2D eigenvalue weighted by atomic mass is 9.73. The van der Waals surface area contributed by atoms with Gasteiger partial charge < -0.3 is 19.8 Å². The molecule has 0 saturated carbocycles. The quantitative estimate of drug-likeness (QED) is 0.440. The van der Waals surface area contributed by atoms with Gasteiger partial charge in [-0.1, -0.05) is 29.4 Å². The van der Waals surface area contributed by atoms with Crippen LogP contribution >= 0.6 is 23.4 Å². The first-order valence-corrected chi connectivity index (χ1v) is 12.4. The van der Waals surface area contributed by atoms with Crippen molar-refractivity contribution in [3.8, 4) is 5.69 Å². The van der Waals surface area contributed by atoms with E-state index < -0.39 is 0 Å². The molecule has 0 unspecified atom stereocenters. The van der Waals surface area contributed by atoms with Crippen LogP contribution in [-0.2, 0) is 6.54 Å². The maximum atomic E-state index is 6.69. The Kier molecular flexibility index (Phi) is 5.20. The van der Waals surface area contributed by atoms with Crippen molar-refractivity contribution in [2.75, 3.05) is 18.0 Å². The van der Waals surface area contributed by atoms with Crippen molar-refractivity contribution in [2.45, 2.75) is 35.3 Å². The first kappa shape index (κ1) is 20.8. The zero-order valence-corrected chi connectivity index (χ0v) is 19.7. The molecule has 1 spiro atoms. The Morgan fingerprint density at radius 1 is 0.970 bits per heavy atom. The highest BCUT2D eigenvalue weighted by Gasteiger charge is 2.46. The van der Waals surface area contributed by atoms with Crippen LogP contribution in [0.1, 0.15) is 24.6 Å². The maximum absolute atomic E-state index is 6.69. The van der Waals surface area contributed by atoms with Gasteiger partial charge in [-0.05, 0) is 49.2 Å². The normalized spacial score (nSPS) is 19.2. The summed E-state index contributed by atoms with van der Waals surface area (Å²) in [5, 5.41) is 1.54. The minimum atomic E-state index is 0.117. The molecule has 1 aromatic carbocycles.